The molecule has 1 amide bonds. The summed E-state index contributed by atoms with van der Waals surface area (Å²) in [5.41, 5.74) is 4.50. The first kappa shape index (κ1) is 26.4. The van der Waals surface area contributed by atoms with Gasteiger partial charge in [0, 0.05) is 43.7 Å². The monoisotopic (exact) mass is 514 g/mol. The third kappa shape index (κ3) is 6.10. The number of carbonyl (C=O) groups excluding carboxylic acids is 1. The second-order valence-electron chi connectivity index (χ2n) is 11.0. The maximum Gasteiger partial charge on any atom is 0.254 e. The van der Waals surface area contributed by atoms with Gasteiger partial charge in [-0.1, -0.05) is 55.7 Å². The number of nitrogens with zero attached hydrogens (tertiary/aromatic N) is 2. The van der Waals surface area contributed by atoms with Gasteiger partial charge in [0.2, 0.25) is 0 Å². The Bertz CT molecular complexity index is 1220. The second-order valence-corrected chi connectivity index (χ2v) is 11.0. The lowest BCUT2D eigenvalue weighted by Crippen LogP contribution is -2.45. The molecule has 1 saturated heterocycles. The molecule has 0 unspecified atom stereocenters. The Morgan fingerprint density at radius 3 is 2.47 bits per heavy atom. The molecule has 3 aromatic rings. The molecule has 2 atom stereocenters. The number of likely N-dealkylation sites (tertiary alicyclic amines) is 1. The highest BCUT2D eigenvalue weighted by Gasteiger charge is 2.38. The normalized spacial score (nSPS) is 20.4. The van der Waals surface area contributed by atoms with Gasteiger partial charge in [-0.25, -0.2) is 4.39 Å². The van der Waals surface area contributed by atoms with Gasteiger partial charge in [0.05, 0.1) is 7.11 Å². The topological polar surface area (TPSA) is 32.8 Å². The summed E-state index contributed by atoms with van der Waals surface area (Å²) in [5, 5.41) is 0. The Balaban J connectivity index is 1.43. The molecule has 200 valence electrons. The third-order valence-electron chi connectivity index (χ3n) is 8.44. The SMILES string of the molecule is COc1cccc(CN2C[C@H](CN(C(=O)c3ccc(F)cc3)C3CCCCC3)[C@@H](c3ccccc3C)C2)c1. The van der Waals surface area contributed by atoms with Crippen molar-refractivity contribution in [2.75, 3.05) is 26.7 Å². The zero-order valence-corrected chi connectivity index (χ0v) is 22.6. The van der Waals surface area contributed by atoms with Crippen LogP contribution in [-0.4, -0.2) is 48.5 Å². The summed E-state index contributed by atoms with van der Waals surface area (Å²) in [6, 6.07) is 23.3. The number of amides is 1. The Kier molecular flexibility index (Phi) is 8.43. The first-order valence-electron chi connectivity index (χ1n) is 14.0. The number of hydrogen-bond acceptors (Lipinski definition) is 3. The molecule has 1 saturated carbocycles. The molecule has 1 heterocycles. The van der Waals surface area contributed by atoms with Crippen LogP contribution in [-0.2, 0) is 6.54 Å². The maximum atomic E-state index is 13.9. The van der Waals surface area contributed by atoms with Crippen molar-refractivity contribution in [1.29, 1.82) is 0 Å². The molecule has 3 aromatic carbocycles. The van der Waals surface area contributed by atoms with E-state index in [4.69, 9.17) is 4.74 Å². The molecule has 5 heteroatoms. The van der Waals surface area contributed by atoms with E-state index in [1.165, 1.54) is 35.2 Å². The van der Waals surface area contributed by atoms with Gasteiger partial charge in [-0.3, -0.25) is 9.69 Å². The fourth-order valence-electron chi connectivity index (χ4n) is 6.46. The number of ether oxygens (including phenoxy) is 1. The molecule has 0 aromatic heterocycles. The van der Waals surface area contributed by atoms with E-state index in [-0.39, 0.29) is 17.8 Å². The molecule has 4 nitrogen and oxygen atoms in total. The Labute approximate surface area is 226 Å². The van der Waals surface area contributed by atoms with Crippen molar-refractivity contribution in [2.24, 2.45) is 5.92 Å². The van der Waals surface area contributed by atoms with Crippen molar-refractivity contribution >= 4 is 5.91 Å². The van der Waals surface area contributed by atoms with Crippen LogP contribution in [0.3, 0.4) is 0 Å². The first-order chi connectivity index (χ1) is 18.5. The lowest BCUT2D eigenvalue weighted by atomic mass is 9.85. The van der Waals surface area contributed by atoms with E-state index in [0.29, 0.717) is 23.9 Å². The zero-order chi connectivity index (χ0) is 26.5. The van der Waals surface area contributed by atoms with Gasteiger partial charge in [-0.05, 0) is 78.8 Å². The minimum atomic E-state index is -0.311. The van der Waals surface area contributed by atoms with Crippen LogP contribution in [0.1, 0.15) is 65.1 Å². The molecule has 0 bridgehead atoms. The summed E-state index contributed by atoms with van der Waals surface area (Å²) in [4.78, 5) is 18.5. The highest BCUT2D eigenvalue weighted by atomic mass is 19.1. The number of hydrogen-bond donors (Lipinski definition) is 0. The molecule has 0 spiro atoms. The van der Waals surface area contributed by atoms with Crippen LogP contribution in [0.5, 0.6) is 5.75 Å². The average Bonchev–Trinajstić information content (AvgIpc) is 3.34. The Morgan fingerprint density at radius 2 is 1.74 bits per heavy atom. The lowest BCUT2D eigenvalue weighted by molar-refractivity contribution is 0.0588. The van der Waals surface area contributed by atoms with Crippen molar-refractivity contribution in [1.82, 2.24) is 9.80 Å². The van der Waals surface area contributed by atoms with Crippen LogP contribution in [0, 0.1) is 18.7 Å². The zero-order valence-electron chi connectivity index (χ0n) is 22.6. The summed E-state index contributed by atoms with van der Waals surface area (Å²) < 4.78 is 19.1. The van der Waals surface area contributed by atoms with Gasteiger partial charge >= 0.3 is 0 Å². The van der Waals surface area contributed by atoms with Crippen LogP contribution in [0.25, 0.3) is 0 Å². The van der Waals surface area contributed by atoms with Crippen LogP contribution >= 0.6 is 0 Å². The Morgan fingerprint density at radius 1 is 0.974 bits per heavy atom. The molecule has 1 aliphatic carbocycles. The number of rotatable bonds is 8. The smallest absolute Gasteiger partial charge is 0.254 e. The lowest BCUT2D eigenvalue weighted by Gasteiger charge is -2.37. The van der Waals surface area contributed by atoms with Gasteiger partial charge in [-0.15, -0.1) is 0 Å². The summed E-state index contributed by atoms with van der Waals surface area (Å²) >= 11 is 0. The van der Waals surface area contributed by atoms with Gasteiger partial charge < -0.3 is 9.64 Å². The van der Waals surface area contributed by atoms with E-state index in [2.05, 4.69) is 53.1 Å². The van der Waals surface area contributed by atoms with Crippen LogP contribution in [0.4, 0.5) is 4.39 Å². The van der Waals surface area contributed by atoms with E-state index >= 15 is 0 Å². The van der Waals surface area contributed by atoms with Crippen molar-refractivity contribution in [3.05, 3.63) is 101 Å². The predicted molar refractivity (Wildman–Crippen MR) is 150 cm³/mol. The summed E-state index contributed by atoms with van der Waals surface area (Å²) in [6.07, 6.45) is 5.64. The van der Waals surface area contributed by atoms with Crippen LogP contribution < -0.4 is 4.74 Å². The van der Waals surface area contributed by atoms with E-state index in [1.54, 1.807) is 19.2 Å². The highest BCUT2D eigenvalue weighted by Crippen LogP contribution is 2.37. The van der Waals surface area contributed by atoms with Gasteiger partial charge in [-0.2, -0.15) is 0 Å². The number of aryl methyl sites for hydroxylation is 1. The highest BCUT2D eigenvalue weighted by molar-refractivity contribution is 5.94. The predicted octanol–water partition coefficient (Wildman–Crippen LogP) is 6.83. The fraction of sp³-hybridized carbons (Fsp3) is 0.424. The van der Waals surface area contributed by atoms with Crippen LogP contribution in [0.2, 0.25) is 0 Å². The first-order valence-corrected chi connectivity index (χ1v) is 14.0. The minimum absolute atomic E-state index is 0.0340. The number of benzene rings is 3. The van der Waals surface area contributed by atoms with Gasteiger partial charge in [0.25, 0.3) is 5.91 Å². The summed E-state index contributed by atoms with van der Waals surface area (Å²) in [6.45, 7) is 5.64. The third-order valence-corrected chi connectivity index (χ3v) is 8.44. The molecule has 0 N–H and O–H groups in total. The standard InChI is InChI=1S/C33H39FN2O2/c1-24-9-6-7-14-31(24)32-23-35(20-25-10-8-13-30(19-25)38-2)21-27(32)22-36(29-11-4-3-5-12-29)33(37)26-15-17-28(34)18-16-26/h6-10,13-19,27,29,32H,3-5,11-12,20-23H2,1-2H3/t27-,32+/m1/s1. The molecular weight excluding hydrogens is 475 g/mol. The quantitative estimate of drug-likeness (QED) is 0.330. The van der Waals surface area contributed by atoms with E-state index in [0.717, 1.165) is 51.1 Å². The van der Waals surface area contributed by atoms with Crippen molar-refractivity contribution in [2.45, 2.75) is 57.5 Å². The summed E-state index contributed by atoms with van der Waals surface area (Å²) in [7, 11) is 1.71. The van der Waals surface area contributed by atoms with E-state index in [1.807, 2.05) is 12.1 Å². The maximum absolute atomic E-state index is 13.9. The largest absolute Gasteiger partial charge is 0.497 e. The fourth-order valence-corrected chi connectivity index (χ4v) is 6.46. The molecule has 38 heavy (non-hydrogen) atoms. The molecule has 5 rings (SSSR count). The minimum Gasteiger partial charge on any atom is -0.497 e. The van der Waals surface area contributed by atoms with Crippen molar-refractivity contribution in [3.63, 3.8) is 0 Å². The van der Waals surface area contributed by atoms with E-state index < -0.39 is 0 Å². The number of halogens is 1. The van der Waals surface area contributed by atoms with Gasteiger partial charge in [0.15, 0.2) is 0 Å². The number of methoxy groups -OCH3 is 1. The Hall–Kier alpha value is -3.18. The van der Waals surface area contributed by atoms with Crippen molar-refractivity contribution in [3.8, 4) is 5.75 Å². The summed E-state index contributed by atoms with van der Waals surface area (Å²) in [5.74, 6) is 1.25. The van der Waals surface area contributed by atoms with Crippen molar-refractivity contribution < 1.29 is 13.9 Å². The molecule has 2 aliphatic rings. The average molecular weight is 515 g/mol. The van der Waals surface area contributed by atoms with E-state index in [9.17, 15) is 9.18 Å². The molecule has 2 fully saturated rings. The molecule has 1 aliphatic heterocycles. The van der Waals surface area contributed by atoms with Crippen LogP contribution in [0.15, 0.2) is 72.8 Å². The molecular formula is C33H39FN2O2. The second kappa shape index (κ2) is 12.1. The van der Waals surface area contributed by atoms with Gasteiger partial charge in [0.1, 0.15) is 11.6 Å². The number of carbonyl (C=O) groups is 1. The molecule has 0 radical (unpaired) electrons.